The lowest BCUT2D eigenvalue weighted by molar-refractivity contribution is 0.800. The molecule has 0 saturated heterocycles. The van der Waals surface area contributed by atoms with Gasteiger partial charge in [0.1, 0.15) is 0 Å². The van der Waals surface area contributed by atoms with E-state index in [1.165, 1.54) is 5.57 Å². The Hall–Kier alpha value is -0.850. The highest BCUT2D eigenvalue weighted by molar-refractivity contribution is 5.79. The second-order valence-electron chi connectivity index (χ2n) is 2.73. The van der Waals surface area contributed by atoms with E-state index in [1.807, 2.05) is 6.21 Å². The molecule has 1 nitrogen and oxygen atoms in total. The summed E-state index contributed by atoms with van der Waals surface area (Å²) in [6.45, 7) is 9.98. The van der Waals surface area contributed by atoms with E-state index in [1.54, 1.807) is 6.20 Å². The molecule has 11 heavy (non-hydrogen) atoms. The summed E-state index contributed by atoms with van der Waals surface area (Å²) in [5.41, 5.74) is 1.28. The normalized spacial score (nSPS) is 12.9. The van der Waals surface area contributed by atoms with E-state index >= 15 is 0 Å². The molecule has 0 amide bonds. The first kappa shape index (κ1) is 10.2. The smallest absolute Gasteiger partial charge is 0.0299 e. The van der Waals surface area contributed by atoms with Crippen molar-refractivity contribution in [2.45, 2.75) is 27.2 Å². The molecule has 0 aliphatic heterocycles. The summed E-state index contributed by atoms with van der Waals surface area (Å²) >= 11 is 0. The Morgan fingerprint density at radius 3 is 2.55 bits per heavy atom. The fourth-order valence-electron chi connectivity index (χ4n) is 0.812. The van der Waals surface area contributed by atoms with Crippen LogP contribution in [-0.4, -0.2) is 6.21 Å². The predicted octanol–water partition coefficient (Wildman–Crippen LogP) is 3.19. The van der Waals surface area contributed by atoms with Gasteiger partial charge in [-0.3, -0.25) is 4.99 Å². The molecule has 0 atom stereocenters. The van der Waals surface area contributed by atoms with Gasteiger partial charge in [0.25, 0.3) is 0 Å². The third-order valence-corrected chi connectivity index (χ3v) is 1.44. The molecule has 0 saturated carbocycles. The van der Waals surface area contributed by atoms with Gasteiger partial charge in [0.15, 0.2) is 0 Å². The van der Waals surface area contributed by atoms with Crippen LogP contribution in [0.25, 0.3) is 0 Å². The number of hydrogen-bond acceptors (Lipinski definition) is 1. The zero-order valence-electron chi connectivity index (χ0n) is 7.67. The lowest BCUT2D eigenvalue weighted by atomic mass is 10.0. The van der Waals surface area contributed by atoms with Crippen LogP contribution in [0.5, 0.6) is 0 Å². The molecule has 0 aromatic carbocycles. The summed E-state index contributed by atoms with van der Waals surface area (Å²) in [6.07, 6.45) is 6.70. The van der Waals surface area contributed by atoms with Gasteiger partial charge in [0, 0.05) is 12.4 Å². The Morgan fingerprint density at radius 1 is 1.55 bits per heavy atom. The zero-order valence-corrected chi connectivity index (χ0v) is 7.67. The Bertz CT molecular complexity index is 164. The van der Waals surface area contributed by atoms with E-state index in [0.29, 0.717) is 5.92 Å². The third-order valence-electron chi connectivity index (χ3n) is 1.44. The molecule has 62 valence electrons. The molecule has 0 heterocycles. The molecular weight excluding hydrogens is 134 g/mol. The van der Waals surface area contributed by atoms with Gasteiger partial charge in [-0.25, -0.2) is 0 Å². The first-order valence-electron chi connectivity index (χ1n) is 4.06. The summed E-state index contributed by atoms with van der Waals surface area (Å²) in [5.74, 6) is 0.554. The highest BCUT2D eigenvalue weighted by Gasteiger charge is 1.96. The third kappa shape index (κ3) is 4.54. The van der Waals surface area contributed by atoms with Crippen molar-refractivity contribution >= 4 is 6.21 Å². The molecule has 0 aromatic rings. The van der Waals surface area contributed by atoms with Crippen LogP contribution in [0.1, 0.15) is 27.2 Å². The second kappa shape index (κ2) is 5.90. The number of rotatable bonds is 4. The number of nitrogens with zero attached hydrogens (tertiary/aromatic N) is 1. The summed E-state index contributed by atoms with van der Waals surface area (Å²) in [6, 6.07) is 0. The molecule has 1 heteroatoms. The van der Waals surface area contributed by atoms with Crippen molar-refractivity contribution in [2.24, 2.45) is 10.9 Å². The quantitative estimate of drug-likeness (QED) is 0.547. The van der Waals surface area contributed by atoms with Gasteiger partial charge in [-0.05, 0) is 17.9 Å². The maximum atomic E-state index is 3.98. The summed E-state index contributed by atoms with van der Waals surface area (Å²) in [5, 5.41) is 0. The minimum atomic E-state index is 0.554. The molecule has 0 bridgehead atoms. The van der Waals surface area contributed by atoms with Gasteiger partial charge in [-0.2, -0.15) is 0 Å². The minimum Gasteiger partial charge on any atom is -0.265 e. The van der Waals surface area contributed by atoms with Gasteiger partial charge < -0.3 is 0 Å². The van der Waals surface area contributed by atoms with Crippen LogP contribution in [0.3, 0.4) is 0 Å². The Kier molecular flexibility index (Phi) is 5.44. The molecule has 0 radical (unpaired) electrons. The van der Waals surface area contributed by atoms with Crippen LogP contribution >= 0.6 is 0 Å². The molecule has 0 aromatic heterocycles. The maximum Gasteiger partial charge on any atom is 0.0299 e. The van der Waals surface area contributed by atoms with Crippen molar-refractivity contribution in [1.82, 2.24) is 0 Å². The molecular formula is C10H17N. The van der Waals surface area contributed by atoms with E-state index in [-0.39, 0.29) is 0 Å². The summed E-state index contributed by atoms with van der Waals surface area (Å²) < 4.78 is 0. The lowest BCUT2D eigenvalue weighted by Gasteiger charge is -2.03. The topological polar surface area (TPSA) is 12.4 Å². The molecule has 0 spiro atoms. The SMILES string of the molecule is C=CN=C/C(=C\CC)C(C)C. The molecule has 0 aliphatic carbocycles. The van der Waals surface area contributed by atoms with Crippen molar-refractivity contribution in [2.75, 3.05) is 0 Å². The number of allylic oxidation sites excluding steroid dienone is 2. The van der Waals surface area contributed by atoms with Gasteiger partial charge in [-0.1, -0.05) is 33.4 Å². The van der Waals surface area contributed by atoms with E-state index in [0.717, 1.165) is 6.42 Å². The molecule has 0 N–H and O–H groups in total. The van der Waals surface area contributed by atoms with Crippen molar-refractivity contribution in [3.63, 3.8) is 0 Å². The number of aliphatic imine (C=N–C) groups is 1. The van der Waals surface area contributed by atoms with Gasteiger partial charge >= 0.3 is 0 Å². The van der Waals surface area contributed by atoms with Crippen molar-refractivity contribution in [3.05, 3.63) is 24.4 Å². The minimum absolute atomic E-state index is 0.554. The zero-order chi connectivity index (χ0) is 8.69. The van der Waals surface area contributed by atoms with Crippen molar-refractivity contribution in [1.29, 1.82) is 0 Å². The van der Waals surface area contributed by atoms with Crippen molar-refractivity contribution < 1.29 is 0 Å². The summed E-state index contributed by atoms with van der Waals surface area (Å²) in [7, 11) is 0. The average molecular weight is 151 g/mol. The monoisotopic (exact) mass is 151 g/mol. The molecule has 0 fully saturated rings. The van der Waals surface area contributed by atoms with Crippen LogP contribution in [0, 0.1) is 5.92 Å². The highest BCUT2D eigenvalue weighted by atomic mass is 14.7. The van der Waals surface area contributed by atoms with Crippen LogP contribution in [0.15, 0.2) is 29.4 Å². The second-order valence-corrected chi connectivity index (χ2v) is 2.73. The van der Waals surface area contributed by atoms with Gasteiger partial charge in [0.2, 0.25) is 0 Å². The fraction of sp³-hybridized carbons (Fsp3) is 0.500. The number of hydrogen-bond donors (Lipinski definition) is 0. The van der Waals surface area contributed by atoms with E-state index in [9.17, 15) is 0 Å². The van der Waals surface area contributed by atoms with Crippen LogP contribution in [0.4, 0.5) is 0 Å². The van der Waals surface area contributed by atoms with E-state index in [4.69, 9.17) is 0 Å². The standard InChI is InChI=1S/C10H17N/c1-5-7-10(9(3)4)8-11-6-2/h6-9H,2,5H2,1,3-4H3/b10-7+,11-8?. The Labute approximate surface area is 69.5 Å². The predicted molar refractivity (Wildman–Crippen MR) is 51.9 cm³/mol. The first-order valence-corrected chi connectivity index (χ1v) is 4.06. The highest BCUT2D eigenvalue weighted by Crippen LogP contribution is 2.07. The maximum absolute atomic E-state index is 3.98. The molecule has 0 aliphatic rings. The first-order chi connectivity index (χ1) is 5.22. The van der Waals surface area contributed by atoms with Crippen LogP contribution < -0.4 is 0 Å². The lowest BCUT2D eigenvalue weighted by Crippen LogP contribution is -1.94. The van der Waals surface area contributed by atoms with Gasteiger partial charge in [0.05, 0.1) is 0 Å². The average Bonchev–Trinajstić information content (AvgIpc) is 1.97. The molecule has 0 unspecified atom stereocenters. The van der Waals surface area contributed by atoms with Crippen LogP contribution in [0.2, 0.25) is 0 Å². The Morgan fingerprint density at radius 2 is 2.18 bits per heavy atom. The fourth-order valence-corrected chi connectivity index (χ4v) is 0.812. The van der Waals surface area contributed by atoms with E-state index in [2.05, 4.69) is 38.4 Å². The van der Waals surface area contributed by atoms with Gasteiger partial charge in [-0.15, -0.1) is 0 Å². The Balaban J connectivity index is 4.22. The van der Waals surface area contributed by atoms with Crippen molar-refractivity contribution in [3.8, 4) is 0 Å². The van der Waals surface area contributed by atoms with Crippen LogP contribution in [-0.2, 0) is 0 Å². The summed E-state index contributed by atoms with van der Waals surface area (Å²) in [4.78, 5) is 3.98. The largest absolute Gasteiger partial charge is 0.265 e. The molecule has 0 rings (SSSR count). The van der Waals surface area contributed by atoms with E-state index < -0.39 is 0 Å².